The smallest absolute Gasteiger partial charge is 0.251 e. The van der Waals surface area contributed by atoms with Crippen LogP contribution in [-0.4, -0.2) is 38.4 Å². The van der Waals surface area contributed by atoms with Gasteiger partial charge in [-0.3, -0.25) is 9.69 Å². The van der Waals surface area contributed by atoms with Gasteiger partial charge in [0, 0.05) is 30.7 Å². The molecule has 6 nitrogen and oxygen atoms in total. The number of carbonyl (C=O) groups is 1. The molecule has 2 aromatic rings. The third-order valence-electron chi connectivity index (χ3n) is 4.68. The lowest BCUT2D eigenvalue weighted by Crippen LogP contribution is -2.30. The van der Waals surface area contributed by atoms with E-state index in [9.17, 15) is 13.2 Å². The van der Waals surface area contributed by atoms with Crippen molar-refractivity contribution in [3.05, 3.63) is 65.2 Å². The highest BCUT2D eigenvalue weighted by molar-refractivity contribution is 7.89. The van der Waals surface area contributed by atoms with Crippen LogP contribution in [-0.2, 0) is 23.1 Å². The van der Waals surface area contributed by atoms with Gasteiger partial charge in [0.1, 0.15) is 0 Å². The molecule has 7 heteroatoms. The van der Waals surface area contributed by atoms with E-state index in [4.69, 9.17) is 0 Å². The number of amides is 1. The first-order valence-electron chi connectivity index (χ1n) is 9.77. The van der Waals surface area contributed by atoms with Crippen LogP contribution in [0.25, 0.3) is 0 Å². The monoisotopic (exact) mass is 417 g/mol. The highest BCUT2D eigenvalue weighted by Crippen LogP contribution is 2.14. The van der Waals surface area contributed by atoms with Crippen LogP contribution >= 0.6 is 0 Å². The van der Waals surface area contributed by atoms with Crippen molar-refractivity contribution >= 4 is 15.9 Å². The molecule has 0 saturated heterocycles. The second-order valence-corrected chi connectivity index (χ2v) is 9.47. The van der Waals surface area contributed by atoms with Crippen LogP contribution in [0.3, 0.4) is 0 Å². The number of hydrogen-bond donors (Lipinski definition) is 2. The molecule has 2 N–H and O–H groups in total. The first-order chi connectivity index (χ1) is 13.6. The average molecular weight is 418 g/mol. The Bertz CT molecular complexity index is 923. The standard InChI is InChI=1S/C22H31N3O3S/c1-16(2)24-29(27,28)21-12-10-18(11-13-21)22(26)23-14-19-8-6-7-9-20(19)15-25(5)17(3)4/h6-13,16-17,24H,14-15H2,1-5H3,(H,23,26). The van der Waals surface area contributed by atoms with Crippen molar-refractivity contribution in [3.63, 3.8) is 0 Å². The molecule has 0 heterocycles. The Balaban J connectivity index is 2.05. The number of hydrogen-bond acceptors (Lipinski definition) is 4. The minimum Gasteiger partial charge on any atom is -0.348 e. The first-order valence-corrected chi connectivity index (χ1v) is 11.3. The Hall–Kier alpha value is -2.22. The predicted molar refractivity (Wildman–Crippen MR) is 116 cm³/mol. The van der Waals surface area contributed by atoms with Gasteiger partial charge >= 0.3 is 0 Å². The molecule has 158 valence electrons. The largest absolute Gasteiger partial charge is 0.348 e. The highest BCUT2D eigenvalue weighted by atomic mass is 32.2. The van der Waals surface area contributed by atoms with Crippen LogP contribution in [0.5, 0.6) is 0 Å². The zero-order valence-corrected chi connectivity index (χ0v) is 18.6. The van der Waals surface area contributed by atoms with E-state index in [1.54, 1.807) is 13.8 Å². The van der Waals surface area contributed by atoms with Crippen LogP contribution in [0.4, 0.5) is 0 Å². The van der Waals surface area contributed by atoms with Crippen molar-refractivity contribution < 1.29 is 13.2 Å². The summed E-state index contributed by atoms with van der Waals surface area (Å²) in [5.41, 5.74) is 2.66. The lowest BCUT2D eigenvalue weighted by molar-refractivity contribution is 0.0950. The molecule has 0 unspecified atom stereocenters. The molecule has 0 aliphatic carbocycles. The van der Waals surface area contributed by atoms with E-state index < -0.39 is 10.0 Å². The fourth-order valence-electron chi connectivity index (χ4n) is 2.78. The highest BCUT2D eigenvalue weighted by Gasteiger charge is 2.16. The molecule has 0 aromatic heterocycles. The average Bonchev–Trinajstić information content (AvgIpc) is 2.66. The number of benzene rings is 2. The molecule has 0 aliphatic rings. The van der Waals surface area contributed by atoms with Gasteiger partial charge in [-0.2, -0.15) is 0 Å². The lowest BCUT2D eigenvalue weighted by atomic mass is 10.1. The molecule has 0 atom stereocenters. The molecule has 2 aromatic carbocycles. The summed E-state index contributed by atoms with van der Waals surface area (Å²) in [5, 5.41) is 2.93. The third kappa shape index (κ3) is 6.66. The van der Waals surface area contributed by atoms with Gasteiger partial charge in [0.2, 0.25) is 10.0 Å². The number of carbonyl (C=O) groups excluding carboxylic acids is 1. The van der Waals surface area contributed by atoms with Crippen LogP contribution in [0.1, 0.15) is 49.2 Å². The first kappa shape index (κ1) is 23.1. The van der Waals surface area contributed by atoms with Crippen molar-refractivity contribution in [2.24, 2.45) is 0 Å². The second-order valence-electron chi connectivity index (χ2n) is 7.76. The van der Waals surface area contributed by atoms with Gasteiger partial charge in [-0.15, -0.1) is 0 Å². The SMILES string of the molecule is CC(C)NS(=O)(=O)c1ccc(C(=O)NCc2ccccc2CN(C)C(C)C)cc1. The summed E-state index contributed by atoms with van der Waals surface area (Å²) in [6, 6.07) is 14.2. The zero-order valence-electron chi connectivity index (χ0n) is 17.8. The van der Waals surface area contributed by atoms with E-state index in [-0.39, 0.29) is 16.8 Å². The van der Waals surface area contributed by atoms with Crippen molar-refractivity contribution in [1.82, 2.24) is 14.9 Å². The quantitative estimate of drug-likeness (QED) is 0.657. The van der Waals surface area contributed by atoms with Gasteiger partial charge in [-0.1, -0.05) is 24.3 Å². The van der Waals surface area contributed by atoms with E-state index in [0.717, 1.165) is 12.1 Å². The van der Waals surface area contributed by atoms with Gasteiger partial charge in [0.05, 0.1) is 4.90 Å². The van der Waals surface area contributed by atoms with Crippen LogP contribution in [0, 0.1) is 0 Å². The summed E-state index contributed by atoms with van der Waals surface area (Å²) in [6.07, 6.45) is 0. The van der Waals surface area contributed by atoms with Gasteiger partial charge in [0.25, 0.3) is 5.91 Å². The molecular weight excluding hydrogens is 386 g/mol. The van der Waals surface area contributed by atoms with Crippen molar-refractivity contribution in [1.29, 1.82) is 0 Å². The van der Waals surface area contributed by atoms with Crippen molar-refractivity contribution in [3.8, 4) is 0 Å². The summed E-state index contributed by atoms with van der Waals surface area (Å²) in [5.74, 6) is -0.238. The van der Waals surface area contributed by atoms with Gasteiger partial charge < -0.3 is 5.32 Å². The molecule has 1 amide bonds. The molecule has 0 fully saturated rings. The van der Waals surface area contributed by atoms with Gasteiger partial charge in [0.15, 0.2) is 0 Å². The van der Waals surface area contributed by atoms with Crippen molar-refractivity contribution in [2.75, 3.05) is 7.05 Å². The van der Waals surface area contributed by atoms with Crippen molar-refractivity contribution in [2.45, 2.75) is 57.8 Å². The molecule has 0 saturated carbocycles. The maximum absolute atomic E-state index is 12.5. The van der Waals surface area contributed by atoms with Crippen LogP contribution in [0.2, 0.25) is 0 Å². The number of rotatable bonds is 9. The molecule has 0 radical (unpaired) electrons. The Morgan fingerprint density at radius 2 is 1.55 bits per heavy atom. The zero-order chi connectivity index (χ0) is 21.6. The third-order valence-corrected chi connectivity index (χ3v) is 6.35. The Morgan fingerprint density at radius 1 is 0.966 bits per heavy atom. The minimum atomic E-state index is -3.57. The number of nitrogens with one attached hydrogen (secondary N) is 2. The molecule has 0 spiro atoms. The molecule has 2 rings (SSSR count). The molecule has 0 aliphatic heterocycles. The topological polar surface area (TPSA) is 78.5 Å². The van der Waals surface area contributed by atoms with Crippen LogP contribution in [0.15, 0.2) is 53.4 Å². The minimum absolute atomic E-state index is 0.143. The normalized spacial score (nSPS) is 12.0. The van der Waals surface area contributed by atoms with E-state index in [1.165, 1.54) is 29.8 Å². The molecule has 0 bridgehead atoms. The van der Waals surface area contributed by atoms with Gasteiger partial charge in [-0.05, 0) is 70.1 Å². The molecule has 29 heavy (non-hydrogen) atoms. The summed E-state index contributed by atoms with van der Waals surface area (Å²) >= 11 is 0. The Kier molecular flexibility index (Phi) is 7.96. The fraction of sp³-hybridized carbons (Fsp3) is 0.409. The Labute approximate surface area is 174 Å². The summed E-state index contributed by atoms with van der Waals surface area (Å²) in [4.78, 5) is 14.9. The van der Waals surface area contributed by atoms with Gasteiger partial charge in [-0.25, -0.2) is 13.1 Å². The summed E-state index contributed by atoms with van der Waals surface area (Å²) < 4.78 is 26.9. The predicted octanol–water partition coefficient (Wildman–Crippen LogP) is 3.14. The van der Waals surface area contributed by atoms with E-state index in [1.807, 2.05) is 18.2 Å². The second kappa shape index (κ2) is 10.0. The molecular formula is C22H31N3O3S. The van der Waals surface area contributed by atoms with E-state index >= 15 is 0 Å². The van der Waals surface area contributed by atoms with Crippen LogP contribution < -0.4 is 10.0 Å². The summed E-state index contributed by atoms with van der Waals surface area (Å²) in [7, 11) is -1.49. The van der Waals surface area contributed by atoms with E-state index in [0.29, 0.717) is 18.2 Å². The summed E-state index contributed by atoms with van der Waals surface area (Å²) in [6.45, 7) is 9.02. The Morgan fingerprint density at radius 3 is 2.10 bits per heavy atom. The lowest BCUT2D eigenvalue weighted by Gasteiger charge is -2.22. The number of sulfonamides is 1. The fourth-order valence-corrected chi connectivity index (χ4v) is 4.03. The maximum atomic E-state index is 12.5. The maximum Gasteiger partial charge on any atom is 0.251 e. The number of nitrogens with zero attached hydrogens (tertiary/aromatic N) is 1. The van der Waals surface area contributed by atoms with E-state index in [2.05, 4.69) is 41.9 Å².